The molecule has 3 saturated heterocycles. The Balaban J connectivity index is 1.40. The first kappa shape index (κ1) is 18.4. The van der Waals surface area contributed by atoms with Gasteiger partial charge in [0.15, 0.2) is 10.2 Å². The molecular formula is C17H23BClN4OS2+. The molecule has 0 spiro atoms. The van der Waals surface area contributed by atoms with Crippen LogP contribution in [0.4, 0.5) is 5.13 Å². The van der Waals surface area contributed by atoms with Crippen LogP contribution in [0.25, 0.3) is 10.2 Å². The van der Waals surface area contributed by atoms with E-state index in [4.69, 9.17) is 23.8 Å². The molecule has 138 valence electrons. The molecule has 0 amide bonds. The van der Waals surface area contributed by atoms with E-state index in [1.807, 2.05) is 18.2 Å². The zero-order chi connectivity index (χ0) is 18.4. The van der Waals surface area contributed by atoms with Gasteiger partial charge in [-0.1, -0.05) is 29.0 Å². The molecule has 3 fully saturated rings. The van der Waals surface area contributed by atoms with E-state index in [1.54, 1.807) is 0 Å². The van der Waals surface area contributed by atoms with Gasteiger partial charge < -0.3 is 20.1 Å². The van der Waals surface area contributed by atoms with Crippen molar-refractivity contribution in [1.82, 2.24) is 10.3 Å². The summed E-state index contributed by atoms with van der Waals surface area (Å²) in [5.41, 5.74) is 0.102. The minimum atomic E-state index is -0.685. The molecule has 3 aliphatic rings. The molecule has 0 aliphatic carbocycles. The highest BCUT2D eigenvalue weighted by Gasteiger charge is 2.53. The van der Waals surface area contributed by atoms with Gasteiger partial charge in [0.2, 0.25) is 0 Å². The fraction of sp³-hybridized carbons (Fsp3) is 0.529. The second-order valence-corrected chi connectivity index (χ2v) is 9.40. The van der Waals surface area contributed by atoms with Crippen molar-refractivity contribution in [3.05, 3.63) is 23.2 Å². The smallest absolute Gasteiger partial charge is 0.386 e. The number of halogens is 1. The second-order valence-electron chi connectivity index (χ2n) is 7.55. The molecule has 3 N–H and O–H groups in total. The van der Waals surface area contributed by atoms with E-state index in [9.17, 15) is 5.11 Å². The summed E-state index contributed by atoms with van der Waals surface area (Å²) in [6, 6.07) is 5.74. The van der Waals surface area contributed by atoms with E-state index in [0.29, 0.717) is 27.7 Å². The van der Waals surface area contributed by atoms with E-state index < -0.39 is 5.60 Å². The third kappa shape index (κ3) is 3.33. The molecule has 0 saturated carbocycles. The highest BCUT2D eigenvalue weighted by atomic mass is 35.5. The summed E-state index contributed by atoms with van der Waals surface area (Å²) in [5.74, 6) is 0.366. The average molecular weight is 410 g/mol. The molecular weight excluding hydrogens is 387 g/mol. The molecule has 3 aliphatic heterocycles. The zero-order valence-corrected chi connectivity index (χ0v) is 17.2. The Morgan fingerprint density at radius 2 is 2.27 bits per heavy atom. The summed E-state index contributed by atoms with van der Waals surface area (Å²) >= 11 is 13.1. The van der Waals surface area contributed by atoms with E-state index in [0.717, 1.165) is 41.4 Å². The zero-order valence-electron chi connectivity index (χ0n) is 14.8. The summed E-state index contributed by atoms with van der Waals surface area (Å²) in [5, 5.41) is 19.4. The predicted molar refractivity (Wildman–Crippen MR) is 114 cm³/mol. The molecule has 9 heteroatoms. The van der Waals surface area contributed by atoms with Gasteiger partial charge >= 0.3 is 7.41 Å². The number of nitrogens with zero attached hydrogens (tertiary/aromatic N) is 2. The number of fused-ring (bicyclic) bond motifs is 4. The predicted octanol–water partition coefficient (Wildman–Crippen LogP) is 2.61. The van der Waals surface area contributed by atoms with Gasteiger partial charge in [-0.15, -0.1) is 0 Å². The van der Waals surface area contributed by atoms with Crippen molar-refractivity contribution in [3.8, 4) is 0 Å². The number of para-hydroxylation sites is 1. The summed E-state index contributed by atoms with van der Waals surface area (Å²) in [7, 11) is 1.09. The Morgan fingerprint density at radius 1 is 1.50 bits per heavy atom. The Hall–Kier alpha value is -0.925. The molecule has 4 heterocycles. The number of piperidine rings is 3. The quantitative estimate of drug-likeness (QED) is 0.535. The minimum Gasteiger partial charge on any atom is -0.394 e. The SMILES string of the molecule is CB[N+]12CCC(CC1)C(O)(CNC(=S)Nc1nc3c(Cl)cccc3s1)C2. The third-order valence-electron chi connectivity index (χ3n) is 6.09. The maximum atomic E-state index is 11.2. The Labute approximate surface area is 168 Å². The van der Waals surface area contributed by atoms with Crippen LogP contribution >= 0.6 is 35.2 Å². The van der Waals surface area contributed by atoms with Crippen LogP contribution in [0.15, 0.2) is 18.2 Å². The third-order valence-corrected chi connectivity index (χ3v) is 7.58. The van der Waals surface area contributed by atoms with Gasteiger partial charge in [0.05, 0.1) is 35.9 Å². The van der Waals surface area contributed by atoms with Gasteiger partial charge in [-0.25, -0.2) is 4.98 Å². The minimum absolute atomic E-state index is 0.366. The van der Waals surface area contributed by atoms with Crippen molar-refractivity contribution in [2.24, 2.45) is 5.92 Å². The van der Waals surface area contributed by atoms with E-state index in [-0.39, 0.29) is 0 Å². The molecule has 2 bridgehead atoms. The number of rotatable bonds is 4. The number of benzene rings is 1. The normalized spacial score (nSPS) is 30.3. The van der Waals surface area contributed by atoms with E-state index in [2.05, 4.69) is 22.4 Å². The van der Waals surface area contributed by atoms with Crippen LogP contribution in [0, 0.1) is 5.92 Å². The highest BCUT2D eigenvalue weighted by molar-refractivity contribution is 7.80. The van der Waals surface area contributed by atoms with Crippen molar-refractivity contribution < 1.29 is 9.50 Å². The van der Waals surface area contributed by atoms with Gasteiger partial charge in [-0.3, -0.25) is 0 Å². The number of aromatic nitrogens is 1. The Morgan fingerprint density at radius 3 is 2.96 bits per heavy atom. The summed E-state index contributed by atoms with van der Waals surface area (Å²) in [4.78, 5) is 4.51. The topological polar surface area (TPSA) is 57.2 Å². The molecule has 1 aromatic carbocycles. The van der Waals surface area contributed by atoms with Gasteiger partial charge in [-0.05, 0) is 31.2 Å². The van der Waals surface area contributed by atoms with Gasteiger partial charge in [-0.2, -0.15) is 0 Å². The molecule has 1 atom stereocenters. The lowest BCUT2D eigenvalue weighted by Gasteiger charge is -2.57. The number of anilines is 1. The number of nitrogens with one attached hydrogen (secondary N) is 2. The molecule has 5 nitrogen and oxygen atoms in total. The van der Waals surface area contributed by atoms with E-state index in [1.165, 1.54) is 24.4 Å². The number of hydrogen-bond donors (Lipinski definition) is 3. The number of hydrogen-bond acceptors (Lipinski definition) is 4. The first-order chi connectivity index (χ1) is 12.4. The average Bonchev–Trinajstić information content (AvgIpc) is 3.05. The summed E-state index contributed by atoms with van der Waals surface area (Å²) in [6.07, 6.45) is 2.20. The number of quaternary nitrogens is 1. The lowest BCUT2D eigenvalue weighted by molar-refractivity contribution is -0.851. The van der Waals surface area contributed by atoms with Gasteiger partial charge in [0.25, 0.3) is 0 Å². The number of aliphatic hydroxyl groups is 1. The lowest BCUT2D eigenvalue weighted by Crippen LogP contribution is -2.72. The fourth-order valence-electron chi connectivity index (χ4n) is 4.49. The maximum absolute atomic E-state index is 11.2. The van der Waals surface area contributed by atoms with Gasteiger partial charge in [0.1, 0.15) is 11.1 Å². The number of thiazole rings is 1. The largest absolute Gasteiger partial charge is 0.394 e. The first-order valence-electron chi connectivity index (χ1n) is 9.10. The van der Waals surface area contributed by atoms with Crippen molar-refractivity contribution in [2.45, 2.75) is 25.3 Å². The standard InChI is InChI=1S/C17H22BClN4OS2/c1-18-23-7-5-11(6-8-23)17(24,10-23)9-20-15(25)22-16-21-14-12(19)3-2-4-13(14)26-16/h2-4,11,18,24H,5-10H2,1H3,(H-,20,21,22,25)/p+1. The molecule has 2 aromatic rings. The molecule has 0 radical (unpaired) electrons. The van der Waals surface area contributed by atoms with Crippen molar-refractivity contribution in [1.29, 1.82) is 0 Å². The van der Waals surface area contributed by atoms with Crippen LogP contribution in [0.1, 0.15) is 12.8 Å². The Kier molecular flexibility index (Phi) is 4.90. The maximum Gasteiger partial charge on any atom is 0.386 e. The molecule has 1 aromatic heterocycles. The van der Waals surface area contributed by atoms with Crippen LogP contribution in [0.2, 0.25) is 11.8 Å². The van der Waals surface area contributed by atoms with Crippen LogP contribution in [-0.2, 0) is 0 Å². The van der Waals surface area contributed by atoms with Crippen LogP contribution < -0.4 is 10.6 Å². The van der Waals surface area contributed by atoms with Crippen molar-refractivity contribution in [2.75, 3.05) is 31.5 Å². The fourth-order valence-corrected chi connectivity index (χ4v) is 5.90. The van der Waals surface area contributed by atoms with Crippen LogP contribution in [0.5, 0.6) is 0 Å². The first-order valence-corrected chi connectivity index (χ1v) is 10.7. The molecule has 1 unspecified atom stereocenters. The second kappa shape index (κ2) is 6.91. The lowest BCUT2D eigenvalue weighted by atomic mass is 9.68. The van der Waals surface area contributed by atoms with Gasteiger partial charge in [0, 0.05) is 18.8 Å². The monoisotopic (exact) mass is 409 g/mol. The van der Waals surface area contributed by atoms with Crippen LogP contribution in [0.3, 0.4) is 0 Å². The number of thiocarbonyl (C=S) groups is 1. The molecule has 26 heavy (non-hydrogen) atoms. The Bertz CT molecular complexity index is 839. The van der Waals surface area contributed by atoms with Crippen molar-refractivity contribution >= 4 is 63.0 Å². The van der Waals surface area contributed by atoms with Crippen LogP contribution in [-0.4, -0.2) is 58.8 Å². The highest BCUT2D eigenvalue weighted by Crippen LogP contribution is 2.39. The summed E-state index contributed by atoms with van der Waals surface area (Å²) < 4.78 is 2.05. The van der Waals surface area contributed by atoms with E-state index >= 15 is 0 Å². The van der Waals surface area contributed by atoms with Crippen molar-refractivity contribution in [3.63, 3.8) is 0 Å². The summed E-state index contributed by atoms with van der Waals surface area (Å²) in [6.45, 7) is 5.91. The molecule has 5 rings (SSSR count).